The summed E-state index contributed by atoms with van der Waals surface area (Å²) in [5, 5.41) is 17.6. The minimum atomic E-state index is -3.95. The van der Waals surface area contributed by atoms with Crippen molar-refractivity contribution >= 4 is 35.7 Å². The van der Waals surface area contributed by atoms with Crippen LogP contribution in [0.5, 0.6) is 0 Å². The van der Waals surface area contributed by atoms with Gasteiger partial charge in [-0.2, -0.15) is 5.26 Å². The second-order valence-electron chi connectivity index (χ2n) is 2.65. The Hall–Kier alpha value is -0.610. The predicted octanol–water partition coefficient (Wildman–Crippen LogP) is 1.74. The number of rotatable bonds is 2. The van der Waals surface area contributed by atoms with Gasteiger partial charge < -0.3 is 5.11 Å². The molecule has 15 heavy (non-hydrogen) atoms. The lowest BCUT2D eigenvalue weighted by atomic mass is 10.1. The van der Waals surface area contributed by atoms with Crippen LogP contribution in [-0.2, 0) is 15.7 Å². The van der Waals surface area contributed by atoms with E-state index in [0.717, 1.165) is 6.07 Å². The molecule has 0 fully saturated rings. The first-order chi connectivity index (χ1) is 6.90. The molecule has 1 rings (SSSR count). The number of benzene rings is 1. The fourth-order valence-corrected chi connectivity index (χ4v) is 2.64. The predicted molar refractivity (Wildman–Crippen MR) is 57.8 cm³/mol. The summed E-state index contributed by atoms with van der Waals surface area (Å²) in [4.78, 5) is -0.244. The summed E-state index contributed by atoms with van der Waals surface area (Å²) >= 11 is 3.08. The Morgan fingerprint density at radius 2 is 2.13 bits per heavy atom. The molecule has 1 aromatic rings. The Labute approximate surface area is 99.6 Å². The molecule has 0 aliphatic carbocycles. The summed E-state index contributed by atoms with van der Waals surface area (Å²) in [7, 11) is 1.21. The van der Waals surface area contributed by atoms with E-state index >= 15 is 0 Å². The van der Waals surface area contributed by atoms with Gasteiger partial charge in [-0.1, -0.05) is 0 Å². The van der Waals surface area contributed by atoms with Crippen molar-refractivity contribution in [1.29, 1.82) is 5.26 Å². The molecule has 0 radical (unpaired) electrons. The van der Waals surface area contributed by atoms with E-state index in [-0.39, 0.29) is 16.0 Å². The highest BCUT2D eigenvalue weighted by atomic mass is 79.9. The fourth-order valence-electron chi connectivity index (χ4n) is 1.03. The van der Waals surface area contributed by atoms with Gasteiger partial charge >= 0.3 is 0 Å². The Bertz CT molecular complexity index is 536. The molecule has 1 aromatic carbocycles. The molecule has 0 saturated carbocycles. The summed E-state index contributed by atoms with van der Waals surface area (Å²) in [6, 6.07) is 4.29. The van der Waals surface area contributed by atoms with Crippen LogP contribution in [-0.4, -0.2) is 13.5 Å². The van der Waals surface area contributed by atoms with Gasteiger partial charge in [-0.05, 0) is 33.6 Å². The highest BCUT2D eigenvalue weighted by Crippen LogP contribution is 2.27. The number of hydrogen-bond donors (Lipinski definition) is 1. The number of aliphatic hydroxyl groups excluding tert-OH is 1. The van der Waals surface area contributed by atoms with E-state index < -0.39 is 15.7 Å². The van der Waals surface area contributed by atoms with E-state index in [2.05, 4.69) is 15.9 Å². The summed E-state index contributed by atoms with van der Waals surface area (Å²) in [5.41, 5.74) is 0.294. The molecule has 0 aromatic heterocycles. The van der Waals surface area contributed by atoms with Gasteiger partial charge in [0.05, 0.1) is 17.1 Å². The van der Waals surface area contributed by atoms with Crippen LogP contribution in [0.4, 0.5) is 0 Å². The van der Waals surface area contributed by atoms with Crippen LogP contribution < -0.4 is 0 Å². The fraction of sp³-hybridized carbons (Fsp3) is 0.125. The summed E-state index contributed by atoms with van der Waals surface area (Å²) in [5.74, 6) is 0. The van der Waals surface area contributed by atoms with E-state index in [1.165, 1.54) is 6.07 Å². The molecule has 0 aliphatic rings. The van der Waals surface area contributed by atoms with E-state index in [1.54, 1.807) is 0 Å². The molecule has 0 saturated heterocycles. The van der Waals surface area contributed by atoms with Crippen molar-refractivity contribution in [2.45, 2.75) is 11.5 Å². The summed E-state index contributed by atoms with van der Waals surface area (Å²) < 4.78 is 22.7. The smallest absolute Gasteiger partial charge is 0.261 e. The van der Waals surface area contributed by atoms with E-state index in [4.69, 9.17) is 21.1 Å². The molecule has 7 heteroatoms. The summed E-state index contributed by atoms with van der Waals surface area (Å²) in [6.07, 6.45) is 0. The maximum Gasteiger partial charge on any atom is 0.261 e. The molecule has 0 bridgehead atoms. The van der Waals surface area contributed by atoms with Crippen molar-refractivity contribution in [2.75, 3.05) is 0 Å². The molecule has 4 nitrogen and oxygen atoms in total. The minimum Gasteiger partial charge on any atom is -0.392 e. The summed E-state index contributed by atoms with van der Waals surface area (Å²) in [6.45, 7) is -0.467. The molecule has 0 spiro atoms. The SMILES string of the molecule is N#Cc1cc(S(=O)(=O)Cl)c(CO)cc1Br. The lowest BCUT2D eigenvalue weighted by Crippen LogP contribution is -1.99. The maximum atomic E-state index is 11.1. The Morgan fingerprint density at radius 3 is 2.53 bits per heavy atom. The zero-order chi connectivity index (χ0) is 11.6. The third-order valence-electron chi connectivity index (χ3n) is 1.70. The van der Waals surface area contributed by atoms with Crippen LogP contribution in [0.25, 0.3) is 0 Å². The number of nitrogens with zero attached hydrogens (tertiary/aromatic N) is 1. The minimum absolute atomic E-state index is 0.145. The van der Waals surface area contributed by atoms with Crippen molar-refractivity contribution in [2.24, 2.45) is 0 Å². The third kappa shape index (κ3) is 2.69. The number of nitriles is 1. The average molecular weight is 311 g/mol. The van der Waals surface area contributed by atoms with Crippen LogP contribution in [0, 0.1) is 11.3 Å². The Balaban J connectivity index is 3.59. The van der Waals surface area contributed by atoms with Crippen LogP contribution >= 0.6 is 26.6 Å². The topological polar surface area (TPSA) is 78.2 Å². The number of halogens is 2. The molecule has 80 valence electrons. The highest BCUT2D eigenvalue weighted by molar-refractivity contribution is 9.10. The van der Waals surface area contributed by atoms with E-state index in [0.29, 0.717) is 4.47 Å². The maximum absolute atomic E-state index is 11.1. The van der Waals surface area contributed by atoms with Gasteiger partial charge in [-0.25, -0.2) is 8.42 Å². The molecular weight excluding hydrogens is 306 g/mol. The van der Waals surface area contributed by atoms with Crippen molar-refractivity contribution in [1.82, 2.24) is 0 Å². The van der Waals surface area contributed by atoms with Crippen molar-refractivity contribution in [3.63, 3.8) is 0 Å². The third-order valence-corrected chi connectivity index (χ3v) is 3.76. The standard InChI is InChI=1S/C8H5BrClNO3S/c9-7-1-6(4-12)8(15(10,13)14)2-5(7)3-11/h1-2,12H,4H2. The first-order valence-corrected chi connectivity index (χ1v) is 6.78. The quantitative estimate of drug-likeness (QED) is 0.844. The molecule has 0 amide bonds. The van der Waals surface area contributed by atoms with Crippen LogP contribution in [0.15, 0.2) is 21.5 Å². The van der Waals surface area contributed by atoms with Crippen LogP contribution in [0.3, 0.4) is 0 Å². The van der Waals surface area contributed by atoms with Gasteiger partial charge in [0, 0.05) is 15.2 Å². The largest absolute Gasteiger partial charge is 0.392 e. The van der Waals surface area contributed by atoms with Gasteiger partial charge in [-0.15, -0.1) is 0 Å². The highest BCUT2D eigenvalue weighted by Gasteiger charge is 2.17. The Morgan fingerprint density at radius 1 is 1.53 bits per heavy atom. The van der Waals surface area contributed by atoms with Gasteiger partial charge in [0.2, 0.25) is 0 Å². The van der Waals surface area contributed by atoms with Crippen LogP contribution in [0.1, 0.15) is 11.1 Å². The molecule has 0 atom stereocenters. The lowest BCUT2D eigenvalue weighted by molar-refractivity contribution is 0.278. The van der Waals surface area contributed by atoms with Crippen molar-refractivity contribution in [3.8, 4) is 6.07 Å². The van der Waals surface area contributed by atoms with E-state index in [1.807, 2.05) is 6.07 Å². The molecule has 0 unspecified atom stereocenters. The zero-order valence-corrected chi connectivity index (χ0v) is 10.4. The number of aliphatic hydroxyl groups is 1. The van der Waals surface area contributed by atoms with E-state index in [9.17, 15) is 8.42 Å². The molecule has 0 aliphatic heterocycles. The first-order valence-electron chi connectivity index (χ1n) is 3.68. The first kappa shape index (κ1) is 12.5. The van der Waals surface area contributed by atoms with Crippen molar-refractivity contribution < 1.29 is 13.5 Å². The lowest BCUT2D eigenvalue weighted by Gasteiger charge is -2.05. The average Bonchev–Trinajstić information content (AvgIpc) is 2.15. The van der Waals surface area contributed by atoms with Crippen molar-refractivity contribution in [3.05, 3.63) is 27.7 Å². The number of hydrogen-bond acceptors (Lipinski definition) is 4. The monoisotopic (exact) mass is 309 g/mol. The van der Waals surface area contributed by atoms with Gasteiger partial charge in [0.25, 0.3) is 9.05 Å². The second kappa shape index (κ2) is 4.49. The Kier molecular flexibility index (Phi) is 3.73. The molecule has 1 N–H and O–H groups in total. The van der Waals surface area contributed by atoms with Gasteiger partial charge in [-0.3, -0.25) is 0 Å². The normalized spacial score (nSPS) is 11.1. The van der Waals surface area contributed by atoms with Gasteiger partial charge in [0.15, 0.2) is 0 Å². The second-order valence-corrected chi connectivity index (χ2v) is 6.04. The van der Waals surface area contributed by atoms with Crippen LogP contribution in [0.2, 0.25) is 0 Å². The molecular formula is C8H5BrClNO3S. The molecule has 0 heterocycles. The van der Waals surface area contributed by atoms with Gasteiger partial charge in [0.1, 0.15) is 6.07 Å². The zero-order valence-electron chi connectivity index (χ0n) is 7.24.